The van der Waals surface area contributed by atoms with Gasteiger partial charge in [-0.1, -0.05) is 0 Å². The molecule has 128 valence electrons. The molecule has 12 heteroatoms. The van der Waals surface area contributed by atoms with Gasteiger partial charge in [0.15, 0.2) is 0 Å². The summed E-state index contributed by atoms with van der Waals surface area (Å²) in [6.07, 6.45) is 0. The van der Waals surface area contributed by atoms with Crippen molar-refractivity contribution in [1.82, 2.24) is 9.91 Å². The zero-order chi connectivity index (χ0) is 16.5. The SMILES string of the molecule is COCCN(CCN(N)CCS(=O)(=O)O)CCS(=O)(=O)O. The van der Waals surface area contributed by atoms with Gasteiger partial charge in [-0.2, -0.15) is 16.8 Å². The van der Waals surface area contributed by atoms with Crippen LogP contribution in [0.5, 0.6) is 0 Å². The molecular formula is C9H23N3O7S2. The van der Waals surface area contributed by atoms with Gasteiger partial charge in [0.05, 0.1) is 18.1 Å². The molecule has 0 spiro atoms. The molecule has 0 radical (unpaired) electrons. The van der Waals surface area contributed by atoms with Crippen molar-refractivity contribution in [3.8, 4) is 0 Å². The zero-order valence-corrected chi connectivity index (χ0v) is 13.5. The highest BCUT2D eigenvalue weighted by Crippen LogP contribution is 1.94. The van der Waals surface area contributed by atoms with Crippen LogP contribution in [-0.2, 0) is 25.0 Å². The molecule has 0 fully saturated rings. The van der Waals surface area contributed by atoms with E-state index in [-0.39, 0.29) is 19.6 Å². The molecule has 0 atom stereocenters. The van der Waals surface area contributed by atoms with E-state index in [1.807, 2.05) is 0 Å². The van der Waals surface area contributed by atoms with Crippen molar-refractivity contribution in [3.05, 3.63) is 0 Å². The lowest BCUT2D eigenvalue weighted by atomic mass is 10.4. The number of hydrogen-bond acceptors (Lipinski definition) is 8. The van der Waals surface area contributed by atoms with Crippen LogP contribution in [0.4, 0.5) is 0 Å². The number of ether oxygens (including phenoxy) is 1. The van der Waals surface area contributed by atoms with Crippen LogP contribution in [0.25, 0.3) is 0 Å². The molecule has 0 bridgehead atoms. The fourth-order valence-electron chi connectivity index (χ4n) is 1.41. The van der Waals surface area contributed by atoms with Crippen LogP contribution in [0.3, 0.4) is 0 Å². The quantitative estimate of drug-likeness (QED) is 0.203. The number of nitrogens with two attached hydrogens (primary N) is 1. The highest BCUT2D eigenvalue weighted by atomic mass is 32.2. The summed E-state index contributed by atoms with van der Waals surface area (Å²) in [6, 6.07) is 0. The van der Waals surface area contributed by atoms with E-state index in [0.717, 1.165) is 0 Å². The highest BCUT2D eigenvalue weighted by molar-refractivity contribution is 7.86. The summed E-state index contributed by atoms with van der Waals surface area (Å²) in [5.41, 5.74) is 0. The summed E-state index contributed by atoms with van der Waals surface area (Å²) in [6.45, 7) is 1.51. The molecule has 0 unspecified atom stereocenters. The van der Waals surface area contributed by atoms with Gasteiger partial charge < -0.3 is 4.74 Å². The van der Waals surface area contributed by atoms with Gasteiger partial charge in [0.1, 0.15) is 0 Å². The molecule has 0 aliphatic carbocycles. The minimum absolute atomic E-state index is 0.0464. The van der Waals surface area contributed by atoms with Gasteiger partial charge in [-0.3, -0.25) is 19.8 Å². The molecular weight excluding hydrogens is 326 g/mol. The molecule has 0 aromatic carbocycles. The van der Waals surface area contributed by atoms with Crippen molar-refractivity contribution in [2.45, 2.75) is 0 Å². The maximum atomic E-state index is 10.7. The number of nitrogens with zero attached hydrogens (tertiary/aromatic N) is 2. The Hall–Kier alpha value is -0.340. The predicted octanol–water partition coefficient (Wildman–Crippen LogP) is -2.11. The van der Waals surface area contributed by atoms with E-state index >= 15 is 0 Å². The third-order valence-corrected chi connectivity index (χ3v) is 4.01. The first-order valence-electron chi connectivity index (χ1n) is 6.15. The predicted molar refractivity (Wildman–Crippen MR) is 76.9 cm³/mol. The van der Waals surface area contributed by atoms with Crippen LogP contribution < -0.4 is 5.84 Å². The van der Waals surface area contributed by atoms with Crippen molar-refractivity contribution < 1.29 is 30.7 Å². The van der Waals surface area contributed by atoms with Crippen LogP contribution >= 0.6 is 0 Å². The first-order valence-corrected chi connectivity index (χ1v) is 9.36. The highest BCUT2D eigenvalue weighted by Gasteiger charge is 2.13. The van der Waals surface area contributed by atoms with Gasteiger partial charge in [0.2, 0.25) is 0 Å². The smallest absolute Gasteiger partial charge is 0.266 e. The Kier molecular flexibility index (Phi) is 9.48. The number of hydrazine groups is 1. The lowest BCUT2D eigenvalue weighted by Crippen LogP contribution is -2.43. The summed E-state index contributed by atoms with van der Waals surface area (Å²) in [5.74, 6) is 4.68. The molecule has 0 saturated carbocycles. The average molecular weight is 349 g/mol. The van der Waals surface area contributed by atoms with E-state index in [0.29, 0.717) is 19.7 Å². The largest absolute Gasteiger partial charge is 0.383 e. The van der Waals surface area contributed by atoms with E-state index in [2.05, 4.69) is 0 Å². The topological polar surface area (TPSA) is 150 Å². The molecule has 0 aliphatic heterocycles. The fourth-order valence-corrected chi connectivity index (χ4v) is 2.37. The summed E-state index contributed by atoms with van der Waals surface area (Å²) < 4.78 is 64.8. The molecule has 0 heterocycles. The van der Waals surface area contributed by atoms with Gasteiger partial charge in [-0.25, -0.2) is 5.01 Å². The standard InChI is InChI=1S/C9H23N3O7S2/c1-19-7-4-11(5-8-20(13,14)15)2-3-12(10)6-9-21(16,17)18/h2-10H2,1H3,(H,13,14,15)(H,16,17,18). The Morgan fingerprint density at radius 2 is 1.43 bits per heavy atom. The lowest BCUT2D eigenvalue weighted by molar-refractivity contribution is 0.140. The Balaban J connectivity index is 4.20. The molecule has 0 aromatic heterocycles. The minimum Gasteiger partial charge on any atom is -0.383 e. The van der Waals surface area contributed by atoms with Gasteiger partial charge >= 0.3 is 0 Å². The molecule has 0 rings (SSSR count). The van der Waals surface area contributed by atoms with Crippen molar-refractivity contribution in [2.75, 3.05) is 57.9 Å². The number of hydrogen-bond donors (Lipinski definition) is 3. The monoisotopic (exact) mass is 349 g/mol. The van der Waals surface area contributed by atoms with Crippen molar-refractivity contribution in [1.29, 1.82) is 0 Å². The maximum absolute atomic E-state index is 10.7. The fraction of sp³-hybridized carbons (Fsp3) is 1.00. The maximum Gasteiger partial charge on any atom is 0.266 e. The van der Waals surface area contributed by atoms with Crippen LogP contribution in [0.2, 0.25) is 0 Å². The van der Waals surface area contributed by atoms with Crippen molar-refractivity contribution >= 4 is 20.2 Å². The third kappa shape index (κ3) is 14.4. The second-order valence-electron chi connectivity index (χ2n) is 4.44. The van der Waals surface area contributed by atoms with Crippen LogP contribution in [-0.4, -0.2) is 93.8 Å². The van der Waals surface area contributed by atoms with Gasteiger partial charge in [-0.15, -0.1) is 0 Å². The molecule has 0 aliphatic rings. The molecule has 10 nitrogen and oxygen atoms in total. The Labute approximate surface area is 125 Å². The molecule has 4 N–H and O–H groups in total. The van der Waals surface area contributed by atoms with E-state index in [1.165, 1.54) is 12.1 Å². The lowest BCUT2D eigenvalue weighted by Gasteiger charge is -2.24. The molecule has 0 amide bonds. The van der Waals surface area contributed by atoms with Gasteiger partial charge in [0, 0.05) is 39.8 Å². The average Bonchev–Trinajstić information content (AvgIpc) is 2.33. The van der Waals surface area contributed by atoms with E-state index in [9.17, 15) is 16.8 Å². The second-order valence-corrected chi connectivity index (χ2v) is 7.59. The Morgan fingerprint density at radius 1 is 0.905 bits per heavy atom. The summed E-state index contributed by atoms with van der Waals surface area (Å²) in [4.78, 5) is 1.71. The minimum atomic E-state index is -4.07. The van der Waals surface area contributed by atoms with E-state index in [1.54, 1.807) is 4.90 Å². The summed E-state index contributed by atoms with van der Waals surface area (Å²) in [7, 11) is -6.62. The molecule has 0 saturated heterocycles. The van der Waals surface area contributed by atoms with Crippen LogP contribution in [0.1, 0.15) is 0 Å². The third-order valence-electron chi connectivity index (χ3n) is 2.62. The number of methoxy groups -OCH3 is 1. The Morgan fingerprint density at radius 3 is 1.90 bits per heavy atom. The normalized spacial score (nSPS) is 13.2. The van der Waals surface area contributed by atoms with Gasteiger partial charge in [-0.05, 0) is 0 Å². The van der Waals surface area contributed by atoms with Crippen LogP contribution in [0.15, 0.2) is 0 Å². The van der Waals surface area contributed by atoms with Crippen molar-refractivity contribution in [3.63, 3.8) is 0 Å². The molecule has 0 aromatic rings. The van der Waals surface area contributed by atoms with E-state index < -0.39 is 31.7 Å². The second kappa shape index (κ2) is 9.63. The summed E-state index contributed by atoms with van der Waals surface area (Å²) in [5, 5.41) is 1.21. The molecule has 21 heavy (non-hydrogen) atoms. The van der Waals surface area contributed by atoms with Gasteiger partial charge in [0.25, 0.3) is 20.2 Å². The Bertz CT molecular complexity index is 480. The number of rotatable bonds is 12. The van der Waals surface area contributed by atoms with Crippen LogP contribution in [0, 0.1) is 0 Å². The van der Waals surface area contributed by atoms with E-state index in [4.69, 9.17) is 19.7 Å². The first kappa shape index (κ1) is 20.7. The zero-order valence-electron chi connectivity index (χ0n) is 11.9. The van der Waals surface area contributed by atoms with Crippen molar-refractivity contribution in [2.24, 2.45) is 5.84 Å². The first-order chi connectivity index (χ1) is 9.53. The summed E-state index contributed by atoms with van der Waals surface area (Å²) >= 11 is 0.